The van der Waals surface area contributed by atoms with E-state index in [1.165, 1.54) is 19.3 Å². The highest BCUT2D eigenvalue weighted by atomic mass is 16.5. The lowest BCUT2D eigenvalue weighted by Gasteiger charge is -2.32. The number of hydrogen-bond acceptors (Lipinski definition) is 3. The number of carbonyl (C=O) groups excluding carboxylic acids is 1. The fourth-order valence-electron chi connectivity index (χ4n) is 3.18. The number of amides is 1. The van der Waals surface area contributed by atoms with Crippen LogP contribution >= 0.6 is 0 Å². The number of nitrogens with one attached hydrogen (secondary N) is 1. The first-order valence-corrected chi connectivity index (χ1v) is 7.25. The van der Waals surface area contributed by atoms with Crippen molar-refractivity contribution >= 4 is 11.9 Å². The summed E-state index contributed by atoms with van der Waals surface area (Å²) >= 11 is 0. The molecule has 1 saturated carbocycles. The number of rotatable bonds is 5. The molecule has 1 amide bonds. The first-order chi connectivity index (χ1) is 9.10. The van der Waals surface area contributed by atoms with E-state index in [4.69, 9.17) is 9.84 Å². The van der Waals surface area contributed by atoms with Crippen molar-refractivity contribution in [3.05, 3.63) is 0 Å². The van der Waals surface area contributed by atoms with E-state index in [1.54, 1.807) is 0 Å². The van der Waals surface area contributed by atoms with Gasteiger partial charge in [0.2, 0.25) is 5.91 Å². The van der Waals surface area contributed by atoms with Gasteiger partial charge in [0.25, 0.3) is 0 Å². The second-order valence-corrected chi connectivity index (χ2v) is 5.77. The van der Waals surface area contributed by atoms with Crippen molar-refractivity contribution in [2.75, 3.05) is 6.61 Å². The summed E-state index contributed by atoms with van der Waals surface area (Å²) in [6.45, 7) is 0.602. The van der Waals surface area contributed by atoms with Gasteiger partial charge in [-0.1, -0.05) is 19.3 Å². The largest absolute Gasteiger partial charge is 0.481 e. The van der Waals surface area contributed by atoms with Gasteiger partial charge in [-0.25, -0.2) is 0 Å². The molecule has 108 valence electrons. The molecule has 0 aromatic heterocycles. The average Bonchev–Trinajstić information content (AvgIpc) is 2.72. The van der Waals surface area contributed by atoms with Crippen molar-refractivity contribution in [1.29, 1.82) is 0 Å². The van der Waals surface area contributed by atoms with Crippen molar-refractivity contribution in [3.8, 4) is 0 Å². The Morgan fingerprint density at radius 1 is 1.21 bits per heavy atom. The zero-order valence-corrected chi connectivity index (χ0v) is 11.3. The molecular formula is C14H23NO4. The van der Waals surface area contributed by atoms with Crippen molar-refractivity contribution in [2.24, 2.45) is 0 Å². The van der Waals surface area contributed by atoms with E-state index in [2.05, 4.69) is 5.32 Å². The SMILES string of the molecule is O=C(O)CCCC(=O)N[C@H]1COC2(CCCCC2)C1. The Labute approximate surface area is 113 Å². The van der Waals surface area contributed by atoms with Gasteiger partial charge >= 0.3 is 5.97 Å². The lowest BCUT2D eigenvalue weighted by Crippen LogP contribution is -2.37. The molecule has 1 saturated heterocycles. The normalized spacial score (nSPS) is 25.4. The van der Waals surface area contributed by atoms with Gasteiger partial charge in [0.05, 0.1) is 18.2 Å². The van der Waals surface area contributed by atoms with Crippen molar-refractivity contribution in [2.45, 2.75) is 69.4 Å². The maximum Gasteiger partial charge on any atom is 0.303 e. The monoisotopic (exact) mass is 269 g/mol. The second-order valence-electron chi connectivity index (χ2n) is 5.77. The Hall–Kier alpha value is -1.10. The molecule has 2 fully saturated rings. The molecule has 1 spiro atoms. The molecule has 0 radical (unpaired) electrons. The zero-order valence-electron chi connectivity index (χ0n) is 11.3. The highest BCUT2D eigenvalue weighted by molar-refractivity contribution is 5.77. The molecule has 0 unspecified atom stereocenters. The molecule has 2 N–H and O–H groups in total. The molecule has 5 nitrogen and oxygen atoms in total. The Morgan fingerprint density at radius 2 is 1.95 bits per heavy atom. The number of carboxylic acids is 1. The van der Waals surface area contributed by atoms with Gasteiger partial charge in [0.15, 0.2) is 0 Å². The molecule has 0 aromatic rings. The number of carboxylic acid groups (broad SMARTS) is 1. The van der Waals surface area contributed by atoms with Gasteiger partial charge in [0, 0.05) is 12.8 Å². The van der Waals surface area contributed by atoms with E-state index in [0.717, 1.165) is 19.3 Å². The highest BCUT2D eigenvalue weighted by Gasteiger charge is 2.41. The van der Waals surface area contributed by atoms with Gasteiger partial charge in [-0.2, -0.15) is 0 Å². The van der Waals surface area contributed by atoms with Crippen LogP contribution in [-0.4, -0.2) is 35.2 Å². The number of aliphatic carboxylic acids is 1. The van der Waals surface area contributed by atoms with Crippen LogP contribution in [0.2, 0.25) is 0 Å². The second kappa shape index (κ2) is 6.37. The predicted molar refractivity (Wildman–Crippen MR) is 69.8 cm³/mol. The standard InChI is InChI=1S/C14H23NO4/c16-12(5-4-6-13(17)18)15-11-9-14(19-10-11)7-2-1-3-8-14/h11H,1-10H2,(H,15,16)(H,17,18)/t11-/m1/s1. The number of hydrogen-bond donors (Lipinski definition) is 2. The minimum absolute atomic E-state index is 0.0112. The molecule has 5 heteroatoms. The molecule has 1 aliphatic carbocycles. The quantitative estimate of drug-likeness (QED) is 0.798. The summed E-state index contributed by atoms with van der Waals surface area (Å²) in [6.07, 6.45) is 7.61. The fourth-order valence-corrected chi connectivity index (χ4v) is 3.18. The Kier molecular flexibility index (Phi) is 4.80. The predicted octanol–water partition coefficient (Wildman–Crippen LogP) is 1.85. The summed E-state index contributed by atoms with van der Waals surface area (Å²) in [4.78, 5) is 22.1. The van der Waals surface area contributed by atoms with Gasteiger partial charge in [0.1, 0.15) is 0 Å². The molecular weight excluding hydrogens is 246 g/mol. The van der Waals surface area contributed by atoms with E-state index in [-0.39, 0.29) is 30.4 Å². The number of ether oxygens (including phenoxy) is 1. The highest BCUT2D eigenvalue weighted by Crippen LogP contribution is 2.39. The van der Waals surface area contributed by atoms with Crippen LogP contribution in [0, 0.1) is 0 Å². The minimum Gasteiger partial charge on any atom is -0.481 e. The summed E-state index contributed by atoms with van der Waals surface area (Å²) < 4.78 is 5.93. The topological polar surface area (TPSA) is 75.6 Å². The molecule has 2 rings (SSSR count). The average molecular weight is 269 g/mol. The first-order valence-electron chi connectivity index (χ1n) is 7.25. The molecule has 1 heterocycles. The van der Waals surface area contributed by atoms with Crippen molar-refractivity contribution in [3.63, 3.8) is 0 Å². The molecule has 1 atom stereocenters. The van der Waals surface area contributed by atoms with Crippen LogP contribution in [-0.2, 0) is 14.3 Å². The molecule has 19 heavy (non-hydrogen) atoms. The van der Waals surface area contributed by atoms with E-state index in [9.17, 15) is 9.59 Å². The summed E-state index contributed by atoms with van der Waals surface area (Å²) in [5.74, 6) is -0.902. The van der Waals surface area contributed by atoms with Crippen LogP contribution in [0.25, 0.3) is 0 Å². The summed E-state index contributed by atoms with van der Waals surface area (Å²) in [7, 11) is 0. The Morgan fingerprint density at radius 3 is 2.63 bits per heavy atom. The van der Waals surface area contributed by atoms with Crippen molar-refractivity contribution < 1.29 is 19.4 Å². The summed E-state index contributed by atoms with van der Waals surface area (Å²) in [6, 6.07) is 0.107. The Balaban J connectivity index is 1.69. The van der Waals surface area contributed by atoms with Crippen LogP contribution in [0.5, 0.6) is 0 Å². The van der Waals surface area contributed by atoms with E-state index < -0.39 is 5.97 Å². The van der Waals surface area contributed by atoms with Crippen LogP contribution in [0.3, 0.4) is 0 Å². The fraction of sp³-hybridized carbons (Fsp3) is 0.857. The zero-order chi connectivity index (χ0) is 13.7. The molecule has 0 aromatic carbocycles. The summed E-state index contributed by atoms with van der Waals surface area (Å²) in [5.41, 5.74) is 0.0112. The smallest absolute Gasteiger partial charge is 0.303 e. The number of carbonyl (C=O) groups is 2. The van der Waals surface area contributed by atoms with E-state index >= 15 is 0 Å². The minimum atomic E-state index is -0.849. The lowest BCUT2D eigenvalue weighted by molar-refractivity contribution is -0.137. The van der Waals surface area contributed by atoms with E-state index in [0.29, 0.717) is 13.0 Å². The maximum absolute atomic E-state index is 11.7. The Bertz CT molecular complexity index is 336. The van der Waals surface area contributed by atoms with Crippen LogP contribution in [0.1, 0.15) is 57.8 Å². The van der Waals surface area contributed by atoms with E-state index in [1.807, 2.05) is 0 Å². The van der Waals surface area contributed by atoms with Gasteiger partial charge < -0.3 is 15.2 Å². The summed E-state index contributed by atoms with van der Waals surface area (Å²) in [5, 5.41) is 11.5. The third-order valence-electron chi connectivity index (χ3n) is 4.13. The maximum atomic E-state index is 11.7. The lowest BCUT2D eigenvalue weighted by atomic mass is 9.82. The van der Waals surface area contributed by atoms with Crippen LogP contribution in [0.15, 0.2) is 0 Å². The van der Waals surface area contributed by atoms with Gasteiger partial charge in [-0.15, -0.1) is 0 Å². The first kappa shape index (κ1) is 14.3. The van der Waals surface area contributed by atoms with Gasteiger partial charge in [-0.3, -0.25) is 9.59 Å². The third kappa shape index (κ3) is 4.20. The van der Waals surface area contributed by atoms with Crippen LogP contribution < -0.4 is 5.32 Å². The molecule has 2 aliphatic rings. The third-order valence-corrected chi connectivity index (χ3v) is 4.13. The molecule has 1 aliphatic heterocycles. The molecule has 0 bridgehead atoms. The van der Waals surface area contributed by atoms with Crippen molar-refractivity contribution in [1.82, 2.24) is 5.32 Å². The van der Waals surface area contributed by atoms with Gasteiger partial charge in [-0.05, 0) is 25.7 Å². The van der Waals surface area contributed by atoms with Crippen LogP contribution in [0.4, 0.5) is 0 Å².